The highest BCUT2D eigenvalue weighted by atomic mass is 35.5. The van der Waals surface area contributed by atoms with Gasteiger partial charge in [-0.15, -0.1) is 0 Å². The van der Waals surface area contributed by atoms with Crippen LogP contribution in [0.5, 0.6) is 5.75 Å². The van der Waals surface area contributed by atoms with Crippen molar-refractivity contribution in [2.45, 2.75) is 18.4 Å². The summed E-state index contributed by atoms with van der Waals surface area (Å²) in [4.78, 5) is 32.4. The topological polar surface area (TPSA) is 143 Å². The van der Waals surface area contributed by atoms with Crippen LogP contribution in [0.2, 0.25) is 5.02 Å². The van der Waals surface area contributed by atoms with Crippen molar-refractivity contribution < 1.29 is 33.5 Å². The molecule has 2 aromatic rings. The van der Waals surface area contributed by atoms with Crippen molar-refractivity contribution in [3.05, 3.63) is 53.3 Å². The largest absolute Gasteiger partial charge is 0.493 e. The van der Waals surface area contributed by atoms with Gasteiger partial charge in [0, 0.05) is 32.0 Å². The molecular formula is C18H21BClFN4O6. The van der Waals surface area contributed by atoms with E-state index in [1.54, 1.807) is 0 Å². The fourth-order valence-electron chi connectivity index (χ4n) is 2.45. The third-order valence-corrected chi connectivity index (χ3v) is 4.33. The van der Waals surface area contributed by atoms with E-state index in [0.29, 0.717) is 0 Å². The summed E-state index contributed by atoms with van der Waals surface area (Å²) >= 11 is 5.60. The first-order valence-electron chi connectivity index (χ1n) is 9.12. The lowest BCUT2D eigenvalue weighted by atomic mass is 9.77. The number of amides is 2. The average Bonchev–Trinajstić information content (AvgIpc) is 2.75. The number of carbonyl (C=O) groups excluding carboxylic acids is 2. The van der Waals surface area contributed by atoms with Gasteiger partial charge < -0.3 is 30.2 Å². The number of benzene rings is 1. The van der Waals surface area contributed by atoms with Gasteiger partial charge in [-0.05, 0) is 12.1 Å². The fourth-order valence-corrected chi connectivity index (χ4v) is 2.57. The Hall–Kier alpha value is -2.80. The van der Waals surface area contributed by atoms with Crippen molar-refractivity contribution in [1.29, 1.82) is 0 Å². The molecule has 2 rings (SSSR count). The zero-order chi connectivity index (χ0) is 22.8. The molecule has 0 aliphatic carbocycles. The van der Waals surface area contributed by atoms with Crippen LogP contribution in [0.25, 0.3) is 0 Å². The molecule has 13 heteroatoms. The van der Waals surface area contributed by atoms with E-state index in [9.17, 15) is 24.0 Å². The van der Waals surface area contributed by atoms with Gasteiger partial charge in [0.25, 0.3) is 5.91 Å². The summed E-state index contributed by atoms with van der Waals surface area (Å²) in [5.41, 5.74) is -0.00116. The summed E-state index contributed by atoms with van der Waals surface area (Å²) in [6.45, 7) is -0.239. The number of carbonyl (C=O) groups is 2. The highest BCUT2D eigenvalue weighted by Crippen LogP contribution is 2.20. The van der Waals surface area contributed by atoms with Crippen LogP contribution >= 0.6 is 11.6 Å². The molecule has 1 aromatic heterocycles. The second-order valence-electron chi connectivity index (χ2n) is 6.31. The van der Waals surface area contributed by atoms with Crippen molar-refractivity contribution in [1.82, 2.24) is 20.6 Å². The first-order valence-corrected chi connectivity index (χ1v) is 9.49. The molecule has 0 spiro atoms. The van der Waals surface area contributed by atoms with Crippen molar-refractivity contribution in [2.75, 3.05) is 20.3 Å². The van der Waals surface area contributed by atoms with Gasteiger partial charge >= 0.3 is 7.12 Å². The lowest BCUT2D eigenvalue weighted by Gasteiger charge is -2.22. The standard InChI is InChI=1S/C18H21BClFN4O6/c1-30-10-15(24-17(26)14-9-22-5-6-23-14)18(27)25-16(19(28)29)4-7-31-11-2-3-12(20)13(21)8-11/h2-3,5-6,8-9,15-16,28-29H,4,7,10H2,1H3,(H,24,26)(H,25,27)/t15?,16-/m0/s1. The first-order chi connectivity index (χ1) is 14.8. The molecular weight excluding hydrogens is 433 g/mol. The van der Waals surface area contributed by atoms with Gasteiger partial charge in [-0.3, -0.25) is 14.6 Å². The summed E-state index contributed by atoms with van der Waals surface area (Å²) in [6.07, 6.45) is 3.93. The number of aromatic nitrogens is 2. The minimum atomic E-state index is -1.91. The molecule has 0 aliphatic heterocycles. The molecule has 1 heterocycles. The summed E-state index contributed by atoms with van der Waals surface area (Å²) < 4.78 is 23.8. The molecule has 31 heavy (non-hydrogen) atoms. The predicted molar refractivity (Wildman–Crippen MR) is 109 cm³/mol. The van der Waals surface area contributed by atoms with Crippen LogP contribution in [-0.4, -0.2) is 71.3 Å². The van der Waals surface area contributed by atoms with E-state index in [1.807, 2.05) is 0 Å². The Bertz CT molecular complexity index is 879. The average molecular weight is 455 g/mol. The fraction of sp³-hybridized carbons (Fsp3) is 0.333. The lowest BCUT2D eigenvalue weighted by Crippen LogP contribution is -2.55. The van der Waals surface area contributed by atoms with Gasteiger partial charge in [0.1, 0.15) is 23.3 Å². The van der Waals surface area contributed by atoms with E-state index in [0.717, 1.165) is 6.07 Å². The van der Waals surface area contributed by atoms with E-state index < -0.39 is 36.7 Å². The molecule has 166 valence electrons. The zero-order valence-corrected chi connectivity index (χ0v) is 17.3. The number of methoxy groups -OCH3 is 1. The van der Waals surface area contributed by atoms with Gasteiger partial charge in [0.05, 0.1) is 30.4 Å². The number of nitrogens with one attached hydrogen (secondary N) is 2. The SMILES string of the molecule is COCC(NC(=O)c1cnccn1)C(=O)N[C@@H](CCOc1ccc(Cl)c(F)c1)B(O)O. The zero-order valence-electron chi connectivity index (χ0n) is 16.5. The van der Waals surface area contributed by atoms with E-state index in [4.69, 9.17) is 21.1 Å². The highest BCUT2D eigenvalue weighted by Gasteiger charge is 2.29. The van der Waals surface area contributed by atoms with Crippen LogP contribution < -0.4 is 15.4 Å². The van der Waals surface area contributed by atoms with Crippen LogP contribution in [-0.2, 0) is 9.53 Å². The van der Waals surface area contributed by atoms with E-state index in [-0.39, 0.29) is 36.1 Å². The van der Waals surface area contributed by atoms with Crippen LogP contribution in [0.3, 0.4) is 0 Å². The number of halogens is 2. The number of nitrogens with zero attached hydrogens (tertiary/aromatic N) is 2. The van der Waals surface area contributed by atoms with Gasteiger partial charge in [-0.25, -0.2) is 9.37 Å². The van der Waals surface area contributed by atoms with Crippen molar-refractivity contribution in [3.63, 3.8) is 0 Å². The van der Waals surface area contributed by atoms with E-state index in [1.165, 1.54) is 37.8 Å². The minimum absolute atomic E-state index is 0.00116. The normalized spacial score (nSPS) is 12.5. The van der Waals surface area contributed by atoms with Crippen LogP contribution in [0.1, 0.15) is 16.9 Å². The van der Waals surface area contributed by atoms with E-state index >= 15 is 0 Å². The maximum Gasteiger partial charge on any atom is 0.475 e. The molecule has 0 bridgehead atoms. The Morgan fingerprint density at radius 3 is 2.68 bits per heavy atom. The van der Waals surface area contributed by atoms with Gasteiger partial charge in [0.2, 0.25) is 5.91 Å². The Balaban J connectivity index is 1.94. The van der Waals surface area contributed by atoms with Gasteiger partial charge in [0.15, 0.2) is 0 Å². The van der Waals surface area contributed by atoms with E-state index in [2.05, 4.69) is 20.6 Å². The number of ether oxygens (including phenoxy) is 2. The second kappa shape index (κ2) is 12.2. The maximum atomic E-state index is 13.4. The monoisotopic (exact) mass is 454 g/mol. The Labute approximate surface area is 182 Å². The first kappa shape index (κ1) is 24.5. The quantitative estimate of drug-likeness (QED) is 0.347. The molecule has 2 amide bonds. The van der Waals surface area contributed by atoms with Gasteiger partial charge in [-0.1, -0.05) is 11.6 Å². The molecule has 0 radical (unpaired) electrons. The molecule has 1 aromatic carbocycles. The van der Waals surface area contributed by atoms with Crippen LogP contribution in [0.4, 0.5) is 4.39 Å². The number of hydrogen-bond donors (Lipinski definition) is 4. The molecule has 0 saturated carbocycles. The summed E-state index contributed by atoms with van der Waals surface area (Å²) in [6, 6.07) is 2.72. The van der Waals surface area contributed by atoms with Crippen LogP contribution in [0.15, 0.2) is 36.8 Å². The maximum absolute atomic E-state index is 13.4. The molecule has 1 unspecified atom stereocenters. The summed E-state index contributed by atoms with van der Waals surface area (Å²) in [5.74, 6) is -2.97. The molecule has 4 N–H and O–H groups in total. The highest BCUT2D eigenvalue weighted by molar-refractivity contribution is 6.43. The smallest absolute Gasteiger partial charge is 0.475 e. The van der Waals surface area contributed by atoms with Crippen molar-refractivity contribution in [2.24, 2.45) is 0 Å². The van der Waals surface area contributed by atoms with Gasteiger partial charge in [-0.2, -0.15) is 0 Å². The van der Waals surface area contributed by atoms with Crippen molar-refractivity contribution >= 4 is 30.5 Å². The number of hydrogen-bond acceptors (Lipinski definition) is 8. The second-order valence-corrected chi connectivity index (χ2v) is 6.72. The van der Waals surface area contributed by atoms with Crippen molar-refractivity contribution in [3.8, 4) is 5.75 Å². The van der Waals surface area contributed by atoms with Crippen LogP contribution in [0, 0.1) is 5.82 Å². The Kier molecular flexibility index (Phi) is 9.60. The molecule has 2 atom stereocenters. The Morgan fingerprint density at radius 2 is 2.06 bits per heavy atom. The lowest BCUT2D eigenvalue weighted by molar-refractivity contribution is -0.124. The minimum Gasteiger partial charge on any atom is -0.493 e. The summed E-state index contributed by atoms with van der Waals surface area (Å²) in [7, 11) is -0.569. The molecule has 10 nitrogen and oxygen atoms in total. The third-order valence-electron chi connectivity index (χ3n) is 4.03. The predicted octanol–water partition coefficient (Wildman–Crippen LogP) is -0.0202. The third kappa shape index (κ3) is 7.76. The molecule has 0 aliphatic rings. The Morgan fingerprint density at radius 1 is 1.29 bits per heavy atom. The molecule has 0 saturated heterocycles. The molecule has 0 fully saturated rings. The number of rotatable bonds is 11. The summed E-state index contributed by atoms with van der Waals surface area (Å²) in [5, 5.41) is 24.0.